The molecule has 0 spiro atoms. The van der Waals surface area contributed by atoms with Crippen molar-refractivity contribution in [1.82, 2.24) is 10.2 Å². The van der Waals surface area contributed by atoms with Crippen LogP contribution in [-0.2, 0) is 4.79 Å². The third kappa shape index (κ3) is 2.06. The minimum Gasteiger partial charge on any atom is -0.340 e. The van der Waals surface area contributed by atoms with Crippen molar-refractivity contribution >= 4 is 17.2 Å². The highest BCUT2D eigenvalue weighted by molar-refractivity contribution is 7.10. The fourth-order valence-electron chi connectivity index (χ4n) is 1.69. The Morgan fingerprint density at radius 2 is 2.40 bits per heavy atom. The topological polar surface area (TPSA) is 32.3 Å². The first-order valence-corrected chi connectivity index (χ1v) is 6.09. The lowest BCUT2D eigenvalue weighted by Crippen LogP contribution is -2.58. The first-order valence-electron chi connectivity index (χ1n) is 5.21. The number of carbonyl (C=O) groups is 1. The number of nitrogens with zero attached hydrogens (tertiary/aromatic N) is 1. The Morgan fingerprint density at radius 3 is 2.87 bits per heavy atom. The number of nitrogens with one attached hydrogen (secondary N) is 1. The lowest BCUT2D eigenvalue weighted by Gasteiger charge is -2.36. The fraction of sp³-hybridized carbons (Fsp3) is 0.545. The molecule has 1 amide bonds. The van der Waals surface area contributed by atoms with Crippen LogP contribution in [-0.4, -0.2) is 37.0 Å². The molecule has 4 heteroatoms. The Labute approximate surface area is 94.1 Å². The number of carbonyl (C=O) groups excluding carboxylic acids is 1. The van der Waals surface area contributed by atoms with E-state index in [-0.39, 0.29) is 11.8 Å². The van der Waals surface area contributed by atoms with Gasteiger partial charge in [0.1, 0.15) is 0 Å². The van der Waals surface area contributed by atoms with Crippen molar-refractivity contribution in [2.45, 2.75) is 18.9 Å². The number of amides is 1. The molecule has 0 bridgehead atoms. The molecular weight excluding hydrogens is 208 g/mol. The molecular formula is C11H16N2OS. The van der Waals surface area contributed by atoms with Crippen LogP contribution < -0.4 is 5.32 Å². The van der Waals surface area contributed by atoms with E-state index in [9.17, 15) is 4.79 Å². The molecule has 1 fully saturated rings. The van der Waals surface area contributed by atoms with Gasteiger partial charge in [0, 0.05) is 25.0 Å². The van der Waals surface area contributed by atoms with E-state index in [0.717, 1.165) is 18.0 Å². The van der Waals surface area contributed by atoms with Gasteiger partial charge in [-0.3, -0.25) is 4.79 Å². The maximum atomic E-state index is 12.1. The summed E-state index contributed by atoms with van der Waals surface area (Å²) in [7, 11) is 1.90. The van der Waals surface area contributed by atoms with Gasteiger partial charge in [0.25, 0.3) is 0 Å². The zero-order chi connectivity index (χ0) is 10.8. The summed E-state index contributed by atoms with van der Waals surface area (Å²) in [5, 5.41) is 5.20. The van der Waals surface area contributed by atoms with Crippen LogP contribution in [0.2, 0.25) is 0 Å². The minimum atomic E-state index is -0.00407. The molecule has 15 heavy (non-hydrogen) atoms. The van der Waals surface area contributed by atoms with E-state index in [1.54, 1.807) is 11.3 Å². The summed E-state index contributed by atoms with van der Waals surface area (Å²) in [6, 6.07) is 4.41. The molecule has 1 unspecified atom stereocenters. The van der Waals surface area contributed by atoms with Gasteiger partial charge in [-0.1, -0.05) is 6.07 Å². The number of hydrogen-bond acceptors (Lipinski definition) is 3. The molecule has 82 valence electrons. The van der Waals surface area contributed by atoms with Gasteiger partial charge >= 0.3 is 0 Å². The third-order valence-corrected chi connectivity index (χ3v) is 4.05. The maximum absolute atomic E-state index is 12.1. The fourth-order valence-corrected chi connectivity index (χ4v) is 2.47. The second-order valence-corrected chi connectivity index (χ2v) is 4.98. The lowest BCUT2D eigenvalue weighted by molar-refractivity contribution is -0.134. The van der Waals surface area contributed by atoms with Gasteiger partial charge in [-0.25, -0.2) is 0 Å². The summed E-state index contributed by atoms with van der Waals surface area (Å²) < 4.78 is 0. The predicted molar refractivity (Wildman–Crippen MR) is 62.2 cm³/mol. The summed E-state index contributed by atoms with van der Waals surface area (Å²) in [5.41, 5.74) is 0. The molecule has 1 N–H and O–H groups in total. The van der Waals surface area contributed by atoms with Crippen LogP contribution in [0.15, 0.2) is 17.5 Å². The molecule has 3 nitrogen and oxygen atoms in total. The van der Waals surface area contributed by atoms with Gasteiger partial charge in [0.05, 0.1) is 12.0 Å². The molecule has 0 aromatic carbocycles. The first kappa shape index (κ1) is 10.6. The van der Waals surface area contributed by atoms with Crippen molar-refractivity contribution in [3.63, 3.8) is 0 Å². The van der Waals surface area contributed by atoms with Gasteiger partial charge in [0.2, 0.25) is 5.91 Å². The van der Waals surface area contributed by atoms with Gasteiger partial charge < -0.3 is 10.2 Å². The summed E-state index contributed by atoms with van der Waals surface area (Å²) in [5.74, 6) is 0.222. The Bertz CT molecular complexity index is 332. The first-order chi connectivity index (χ1) is 7.20. The van der Waals surface area contributed by atoms with Crippen molar-refractivity contribution < 1.29 is 4.79 Å². The van der Waals surface area contributed by atoms with Crippen molar-refractivity contribution in [3.8, 4) is 0 Å². The second-order valence-electron chi connectivity index (χ2n) is 4.00. The van der Waals surface area contributed by atoms with E-state index >= 15 is 0 Å². The van der Waals surface area contributed by atoms with E-state index in [2.05, 4.69) is 5.32 Å². The highest BCUT2D eigenvalue weighted by atomic mass is 32.1. The van der Waals surface area contributed by atoms with Gasteiger partial charge in [-0.05, 0) is 18.4 Å². The predicted octanol–water partition coefficient (Wildman–Crippen LogP) is 1.28. The zero-order valence-electron chi connectivity index (χ0n) is 9.06. The van der Waals surface area contributed by atoms with Crippen LogP contribution in [0.1, 0.15) is 17.7 Å². The number of thiophene rings is 1. The van der Waals surface area contributed by atoms with Crippen LogP contribution in [0.4, 0.5) is 0 Å². The van der Waals surface area contributed by atoms with Crippen LogP contribution in [0, 0.1) is 0 Å². The standard InChI is InChI=1S/C11H16N2OS/c1-8(10-4-3-5-15-10)11(14)13(2)9-6-12-7-9/h3-5,8-9,12H,6-7H2,1-2H3. The SMILES string of the molecule is CC(C(=O)N(C)C1CNC1)c1cccs1. The van der Waals surface area contributed by atoms with Gasteiger partial charge in [-0.15, -0.1) is 11.3 Å². The molecule has 1 aliphatic heterocycles. The number of rotatable bonds is 3. The van der Waals surface area contributed by atoms with Crippen molar-refractivity contribution in [2.75, 3.05) is 20.1 Å². The monoisotopic (exact) mass is 224 g/mol. The lowest BCUT2D eigenvalue weighted by atomic mass is 10.1. The molecule has 1 saturated heterocycles. The summed E-state index contributed by atoms with van der Waals surface area (Å²) in [6.45, 7) is 3.84. The smallest absolute Gasteiger partial charge is 0.230 e. The van der Waals surface area contributed by atoms with E-state index in [0.29, 0.717) is 6.04 Å². The molecule has 0 aliphatic carbocycles. The quantitative estimate of drug-likeness (QED) is 0.839. The summed E-state index contributed by atoms with van der Waals surface area (Å²) >= 11 is 1.65. The average Bonchev–Trinajstić information content (AvgIpc) is 2.65. The van der Waals surface area contributed by atoms with Gasteiger partial charge in [-0.2, -0.15) is 0 Å². The zero-order valence-corrected chi connectivity index (χ0v) is 9.88. The minimum absolute atomic E-state index is 0.00407. The summed E-state index contributed by atoms with van der Waals surface area (Å²) in [6.07, 6.45) is 0. The molecule has 0 saturated carbocycles. The molecule has 0 radical (unpaired) electrons. The normalized spacial score (nSPS) is 18.3. The molecule has 2 rings (SSSR count). The van der Waals surface area contributed by atoms with E-state index in [4.69, 9.17) is 0 Å². The molecule has 1 atom stereocenters. The largest absolute Gasteiger partial charge is 0.340 e. The number of likely N-dealkylation sites (N-methyl/N-ethyl adjacent to an activating group) is 1. The van der Waals surface area contributed by atoms with Crippen molar-refractivity contribution in [2.24, 2.45) is 0 Å². The average molecular weight is 224 g/mol. The summed E-state index contributed by atoms with van der Waals surface area (Å²) in [4.78, 5) is 15.1. The van der Waals surface area contributed by atoms with Crippen LogP contribution in [0.5, 0.6) is 0 Å². The van der Waals surface area contributed by atoms with E-state index in [1.165, 1.54) is 0 Å². The van der Waals surface area contributed by atoms with E-state index < -0.39 is 0 Å². The molecule has 1 aromatic heterocycles. The van der Waals surface area contributed by atoms with E-state index in [1.807, 2.05) is 36.4 Å². The third-order valence-electron chi connectivity index (χ3n) is 3.00. The Kier molecular flexibility index (Phi) is 3.07. The Balaban J connectivity index is 2.00. The highest BCUT2D eigenvalue weighted by Gasteiger charge is 2.28. The molecule has 1 aromatic rings. The Morgan fingerprint density at radius 1 is 1.67 bits per heavy atom. The Hall–Kier alpha value is -0.870. The van der Waals surface area contributed by atoms with Crippen LogP contribution >= 0.6 is 11.3 Å². The highest BCUT2D eigenvalue weighted by Crippen LogP contribution is 2.23. The van der Waals surface area contributed by atoms with Crippen molar-refractivity contribution in [3.05, 3.63) is 22.4 Å². The van der Waals surface area contributed by atoms with Gasteiger partial charge in [0.15, 0.2) is 0 Å². The van der Waals surface area contributed by atoms with Crippen LogP contribution in [0.25, 0.3) is 0 Å². The van der Waals surface area contributed by atoms with Crippen molar-refractivity contribution in [1.29, 1.82) is 0 Å². The maximum Gasteiger partial charge on any atom is 0.230 e. The second kappa shape index (κ2) is 4.33. The van der Waals surface area contributed by atoms with Crippen LogP contribution in [0.3, 0.4) is 0 Å². The molecule has 1 aliphatic rings. The molecule has 2 heterocycles. The number of hydrogen-bond donors (Lipinski definition) is 1.